The average Bonchev–Trinajstić information content (AvgIpc) is 2.34. The van der Waals surface area contributed by atoms with Gasteiger partial charge in [-0.15, -0.1) is 0 Å². The molecule has 1 rings (SSSR count). The van der Waals surface area contributed by atoms with Crippen molar-refractivity contribution < 1.29 is 14.3 Å². The van der Waals surface area contributed by atoms with Crippen molar-refractivity contribution >= 4 is 23.6 Å². The van der Waals surface area contributed by atoms with Gasteiger partial charge < -0.3 is 10.1 Å². The van der Waals surface area contributed by atoms with Crippen LogP contribution in [0.2, 0.25) is 0 Å². The third-order valence-corrected chi connectivity index (χ3v) is 2.89. The van der Waals surface area contributed by atoms with E-state index in [0.29, 0.717) is 0 Å². The molecule has 74 valence electrons. The van der Waals surface area contributed by atoms with E-state index in [1.807, 2.05) is 0 Å². The Balaban J connectivity index is 2.43. The topological polar surface area (TPSA) is 55.4 Å². The largest absolute Gasteiger partial charge is 0.459 e. The highest BCUT2D eigenvalue weighted by atomic mass is 32.2. The van der Waals surface area contributed by atoms with Gasteiger partial charge in [0.1, 0.15) is 6.10 Å². The van der Waals surface area contributed by atoms with Crippen LogP contribution in [0.1, 0.15) is 13.8 Å². The van der Waals surface area contributed by atoms with E-state index in [2.05, 4.69) is 5.32 Å². The van der Waals surface area contributed by atoms with Crippen LogP contribution in [-0.4, -0.2) is 35.5 Å². The lowest BCUT2D eigenvalue weighted by Gasteiger charge is -2.18. The van der Waals surface area contributed by atoms with Crippen LogP contribution >= 0.6 is 11.8 Å². The SMILES string of the molecule is CC(=O)N[C@@H]1CSC[C@@H]1OC(C)=O. The first kappa shape index (κ1) is 10.4. The molecule has 0 bridgehead atoms. The molecule has 1 heterocycles. The highest BCUT2D eigenvalue weighted by Gasteiger charge is 2.30. The second kappa shape index (κ2) is 4.50. The molecule has 1 N–H and O–H groups in total. The Morgan fingerprint density at radius 2 is 2.08 bits per heavy atom. The number of hydrogen-bond donors (Lipinski definition) is 1. The van der Waals surface area contributed by atoms with Gasteiger partial charge in [-0.1, -0.05) is 0 Å². The molecule has 0 aromatic heterocycles. The van der Waals surface area contributed by atoms with Gasteiger partial charge in [-0.3, -0.25) is 9.59 Å². The van der Waals surface area contributed by atoms with E-state index in [4.69, 9.17) is 4.74 Å². The summed E-state index contributed by atoms with van der Waals surface area (Å²) in [6, 6.07) is -0.0219. The summed E-state index contributed by atoms with van der Waals surface area (Å²) >= 11 is 1.68. The van der Waals surface area contributed by atoms with Gasteiger partial charge in [-0.05, 0) is 0 Å². The summed E-state index contributed by atoms with van der Waals surface area (Å²) in [4.78, 5) is 21.5. The number of hydrogen-bond acceptors (Lipinski definition) is 4. The Bertz CT molecular complexity index is 197. The molecular weight excluding hydrogens is 190 g/mol. The first-order chi connectivity index (χ1) is 6.09. The standard InChI is InChI=1S/C8H13NO3S/c1-5(10)9-7-3-13-4-8(7)12-6(2)11/h7-8H,3-4H2,1-2H3,(H,9,10)/t7-,8+/m1/s1. The molecule has 1 saturated heterocycles. The van der Waals surface area contributed by atoms with E-state index in [-0.39, 0.29) is 24.0 Å². The molecule has 0 aliphatic carbocycles. The number of carbonyl (C=O) groups is 2. The maximum Gasteiger partial charge on any atom is 0.303 e. The van der Waals surface area contributed by atoms with Gasteiger partial charge in [0.2, 0.25) is 5.91 Å². The molecule has 2 atom stereocenters. The number of amides is 1. The highest BCUT2D eigenvalue weighted by Crippen LogP contribution is 2.21. The lowest BCUT2D eigenvalue weighted by molar-refractivity contribution is -0.146. The molecule has 0 aromatic carbocycles. The minimum absolute atomic E-state index is 0.0219. The normalized spacial score (nSPS) is 26.9. The van der Waals surface area contributed by atoms with Crippen LogP contribution in [0.15, 0.2) is 0 Å². The summed E-state index contributed by atoms with van der Waals surface area (Å²) in [6.45, 7) is 2.85. The van der Waals surface area contributed by atoms with Gasteiger partial charge in [0.05, 0.1) is 6.04 Å². The second-order valence-corrected chi connectivity index (χ2v) is 4.07. The van der Waals surface area contributed by atoms with Gasteiger partial charge in [0.25, 0.3) is 0 Å². The van der Waals surface area contributed by atoms with Crippen LogP contribution < -0.4 is 5.32 Å². The summed E-state index contributed by atoms with van der Waals surface area (Å²) in [5.74, 6) is 1.22. The number of ether oxygens (including phenoxy) is 1. The lowest BCUT2D eigenvalue weighted by Crippen LogP contribution is -2.43. The number of nitrogens with one attached hydrogen (secondary N) is 1. The number of esters is 1. The first-order valence-electron chi connectivity index (χ1n) is 4.11. The van der Waals surface area contributed by atoms with Crippen LogP contribution in [-0.2, 0) is 14.3 Å². The Hall–Kier alpha value is -0.710. The number of carbonyl (C=O) groups excluding carboxylic acids is 2. The minimum Gasteiger partial charge on any atom is -0.459 e. The Morgan fingerprint density at radius 1 is 1.38 bits per heavy atom. The fraction of sp³-hybridized carbons (Fsp3) is 0.750. The predicted octanol–water partition coefficient (Wildman–Crippen LogP) is 0.170. The Morgan fingerprint density at radius 3 is 2.62 bits per heavy atom. The average molecular weight is 203 g/mol. The molecule has 1 aliphatic rings. The van der Waals surface area contributed by atoms with E-state index in [1.54, 1.807) is 11.8 Å². The first-order valence-corrected chi connectivity index (χ1v) is 5.27. The van der Waals surface area contributed by atoms with Crippen molar-refractivity contribution in [2.45, 2.75) is 26.0 Å². The number of thioether (sulfide) groups is 1. The second-order valence-electron chi connectivity index (χ2n) is 2.99. The maximum absolute atomic E-state index is 10.8. The molecule has 13 heavy (non-hydrogen) atoms. The van der Waals surface area contributed by atoms with Crippen LogP contribution in [0.25, 0.3) is 0 Å². The van der Waals surface area contributed by atoms with E-state index < -0.39 is 0 Å². The molecule has 0 aromatic rings. The maximum atomic E-state index is 10.8. The van der Waals surface area contributed by atoms with Crippen molar-refractivity contribution in [1.29, 1.82) is 0 Å². The van der Waals surface area contributed by atoms with Crippen LogP contribution in [0.4, 0.5) is 0 Å². The van der Waals surface area contributed by atoms with Crippen molar-refractivity contribution in [2.24, 2.45) is 0 Å². The predicted molar refractivity (Wildman–Crippen MR) is 50.5 cm³/mol. The van der Waals surface area contributed by atoms with Crippen molar-refractivity contribution in [3.05, 3.63) is 0 Å². The van der Waals surface area contributed by atoms with Crippen molar-refractivity contribution in [3.63, 3.8) is 0 Å². The summed E-state index contributed by atoms with van der Waals surface area (Å²) in [5, 5.41) is 2.76. The summed E-state index contributed by atoms with van der Waals surface area (Å²) in [5.41, 5.74) is 0. The van der Waals surface area contributed by atoms with E-state index >= 15 is 0 Å². The van der Waals surface area contributed by atoms with Crippen molar-refractivity contribution in [2.75, 3.05) is 11.5 Å². The zero-order valence-electron chi connectivity index (χ0n) is 7.70. The third-order valence-electron chi connectivity index (χ3n) is 1.73. The smallest absolute Gasteiger partial charge is 0.303 e. The van der Waals surface area contributed by atoms with Gasteiger partial charge in [-0.2, -0.15) is 11.8 Å². The fourth-order valence-corrected chi connectivity index (χ4v) is 2.48. The van der Waals surface area contributed by atoms with Crippen LogP contribution in [0.3, 0.4) is 0 Å². The zero-order valence-corrected chi connectivity index (χ0v) is 8.52. The Labute approximate surface area is 81.4 Å². The lowest BCUT2D eigenvalue weighted by atomic mass is 10.2. The third kappa shape index (κ3) is 3.26. The van der Waals surface area contributed by atoms with Crippen molar-refractivity contribution in [3.8, 4) is 0 Å². The van der Waals surface area contributed by atoms with Gasteiger partial charge in [0.15, 0.2) is 0 Å². The molecule has 4 nitrogen and oxygen atoms in total. The molecule has 0 radical (unpaired) electrons. The fourth-order valence-electron chi connectivity index (χ4n) is 1.26. The van der Waals surface area contributed by atoms with E-state index in [1.165, 1.54) is 13.8 Å². The molecule has 1 fully saturated rings. The summed E-state index contributed by atoms with van der Waals surface area (Å²) in [7, 11) is 0. The minimum atomic E-state index is -0.289. The zero-order chi connectivity index (χ0) is 9.84. The van der Waals surface area contributed by atoms with E-state index in [0.717, 1.165) is 11.5 Å². The monoisotopic (exact) mass is 203 g/mol. The number of rotatable bonds is 2. The molecule has 0 unspecified atom stereocenters. The van der Waals surface area contributed by atoms with Crippen LogP contribution in [0, 0.1) is 0 Å². The Kier molecular flexibility index (Phi) is 3.59. The molecule has 0 saturated carbocycles. The van der Waals surface area contributed by atoms with E-state index in [9.17, 15) is 9.59 Å². The molecule has 1 amide bonds. The molecule has 1 aliphatic heterocycles. The summed E-state index contributed by atoms with van der Waals surface area (Å²) < 4.78 is 5.05. The highest BCUT2D eigenvalue weighted by molar-refractivity contribution is 7.99. The van der Waals surface area contributed by atoms with Crippen molar-refractivity contribution in [1.82, 2.24) is 5.32 Å². The van der Waals surface area contributed by atoms with Gasteiger partial charge in [0, 0.05) is 25.4 Å². The quantitative estimate of drug-likeness (QED) is 0.650. The van der Waals surface area contributed by atoms with Crippen LogP contribution in [0.5, 0.6) is 0 Å². The van der Waals surface area contributed by atoms with Gasteiger partial charge >= 0.3 is 5.97 Å². The molecule has 5 heteroatoms. The van der Waals surface area contributed by atoms with Gasteiger partial charge in [-0.25, -0.2) is 0 Å². The molecule has 0 spiro atoms. The summed E-state index contributed by atoms with van der Waals surface area (Å²) in [6.07, 6.45) is -0.161. The molecular formula is C8H13NO3S.